The highest BCUT2D eigenvalue weighted by Gasteiger charge is 2.30. The van der Waals surface area contributed by atoms with Crippen LogP contribution in [-0.2, 0) is 0 Å². The summed E-state index contributed by atoms with van der Waals surface area (Å²) in [4.78, 5) is 14.8. The summed E-state index contributed by atoms with van der Waals surface area (Å²) in [5, 5.41) is 5.43. The van der Waals surface area contributed by atoms with Crippen LogP contribution in [0, 0.1) is 0 Å². The zero-order valence-corrected chi connectivity index (χ0v) is 17.9. The van der Waals surface area contributed by atoms with Crippen molar-refractivity contribution < 1.29 is 18.0 Å². The molecule has 0 spiro atoms. The Morgan fingerprint density at radius 2 is 1.73 bits per heavy atom. The third-order valence-corrected chi connectivity index (χ3v) is 5.68. The van der Waals surface area contributed by atoms with Crippen LogP contribution in [0.1, 0.15) is 16.8 Å². The number of halogens is 3. The van der Waals surface area contributed by atoms with Gasteiger partial charge in [-0.1, -0.05) is 36.4 Å². The molecule has 0 aliphatic carbocycles. The van der Waals surface area contributed by atoms with Gasteiger partial charge in [0.1, 0.15) is 0 Å². The summed E-state index contributed by atoms with van der Waals surface area (Å²) in [5.74, 6) is -0.287. The van der Waals surface area contributed by atoms with Gasteiger partial charge in [0.25, 0.3) is 5.91 Å². The summed E-state index contributed by atoms with van der Waals surface area (Å²) < 4.78 is 37.3. The Labute approximate surface area is 190 Å². The molecule has 1 aliphatic heterocycles. The standard InChI is InChI=1S/C25H25F3N4O/c26-25(27,28)16-30-20-12-13-32(15-20)21-9-6-18(7-10-21)24(33)31-23-14-19(8-11-22(23)29)17-4-2-1-3-5-17/h1-11,14,20,30H,12-13,15-16,29H2,(H,31,33). The first-order valence-electron chi connectivity index (χ1n) is 10.7. The first kappa shape index (κ1) is 22.7. The molecule has 1 saturated heterocycles. The highest BCUT2D eigenvalue weighted by molar-refractivity contribution is 6.06. The van der Waals surface area contributed by atoms with Gasteiger partial charge in [-0.2, -0.15) is 13.2 Å². The van der Waals surface area contributed by atoms with Crippen LogP contribution in [0.5, 0.6) is 0 Å². The van der Waals surface area contributed by atoms with Crippen molar-refractivity contribution in [2.45, 2.75) is 18.6 Å². The Balaban J connectivity index is 1.39. The highest BCUT2D eigenvalue weighted by atomic mass is 19.4. The lowest BCUT2D eigenvalue weighted by molar-refractivity contribution is -0.125. The maximum atomic E-state index is 12.8. The number of nitrogens with zero attached hydrogens (tertiary/aromatic N) is 1. The summed E-state index contributed by atoms with van der Waals surface area (Å²) in [6.07, 6.45) is -3.58. The molecule has 3 aromatic rings. The number of nitrogens with two attached hydrogens (primary N) is 1. The number of carbonyl (C=O) groups excluding carboxylic acids is 1. The van der Waals surface area contributed by atoms with Gasteiger partial charge in [0.2, 0.25) is 0 Å². The minimum Gasteiger partial charge on any atom is -0.397 e. The molecule has 1 atom stereocenters. The fourth-order valence-electron chi connectivity index (χ4n) is 3.91. The van der Waals surface area contributed by atoms with E-state index in [2.05, 4.69) is 10.6 Å². The van der Waals surface area contributed by atoms with Crippen molar-refractivity contribution in [1.29, 1.82) is 0 Å². The van der Waals surface area contributed by atoms with Gasteiger partial charge >= 0.3 is 6.18 Å². The van der Waals surface area contributed by atoms with Crippen molar-refractivity contribution in [3.8, 4) is 11.1 Å². The average molecular weight is 454 g/mol. The Morgan fingerprint density at radius 3 is 2.42 bits per heavy atom. The molecule has 1 fully saturated rings. The van der Waals surface area contributed by atoms with Crippen molar-refractivity contribution in [2.75, 3.05) is 35.6 Å². The lowest BCUT2D eigenvalue weighted by atomic mass is 10.0. The molecule has 0 saturated carbocycles. The number of hydrogen-bond acceptors (Lipinski definition) is 4. The molecule has 8 heteroatoms. The SMILES string of the molecule is Nc1ccc(-c2ccccc2)cc1NC(=O)c1ccc(N2CCC(NCC(F)(F)F)C2)cc1. The second-order valence-electron chi connectivity index (χ2n) is 8.10. The predicted molar refractivity (Wildman–Crippen MR) is 125 cm³/mol. The first-order valence-corrected chi connectivity index (χ1v) is 10.7. The number of carbonyl (C=O) groups is 1. The van der Waals surface area contributed by atoms with Gasteiger partial charge in [-0.25, -0.2) is 0 Å². The molecule has 4 N–H and O–H groups in total. The smallest absolute Gasteiger partial charge is 0.397 e. The molecule has 0 radical (unpaired) electrons. The second-order valence-corrected chi connectivity index (χ2v) is 8.10. The van der Waals surface area contributed by atoms with Crippen LogP contribution in [-0.4, -0.2) is 37.8 Å². The lowest BCUT2D eigenvalue weighted by Gasteiger charge is -2.20. The van der Waals surface area contributed by atoms with E-state index in [-0.39, 0.29) is 11.9 Å². The Morgan fingerprint density at radius 1 is 1.00 bits per heavy atom. The number of alkyl halides is 3. The van der Waals surface area contributed by atoms with Crippen LogP contribution >= 0.6 is 0 Å². The van der Waals surface area contributed by atoms with Gasteiger partial charge in [0.15, 0.2) is 0 Å². The number of nitrogen functional groups attached to an aromatic ring is 1. The third kappa shape index (κ3) is 5.84. The Hall–Kier alpha value is -3.52. The summed E-state index contributed by atoms with van der Waals surface area (Å²) in [5.41, 5.74) is 10.4. The van der Waals surface area contributed by atoms with E-state index in [1.54, 1.807) is 18.2 Å². The van der Waals surface area contributed by atoms with Crippen LogP contribution in [0.15, 0.2) is 72.8 Å². The topological polar surface area (TPSA) is 70.4 Å². The summed E-state index contributed by atoms with van der Waals surface area (Å²) in [6.45, 7) is 0.160. The highest BCUT2D eigenvalue weighted by Crippen LogP contribution is 2.28. The minimum atomic E-state index is -4.22. The molecule has 4 rings (SSSR count). The van der Waals surface area contributed by atoms with E-state index in [4.69, 9.17) is 5.73 Å². The molecule has 1 amide bonds. The van der Waals surface area contributed by atoms with Crippen LogP contribution in [0.4, 0.5) is 30.2 Å². The van der Waals surface area contributed by atoms with Gasteiger partial charge in [0, 0.05) is 30.4 Å². The van der Waals surface area contributed by atoms with E-state index < -0.39 is 12.7 Å². The normalized spacial score (nSPS) is 16.1. The van der Waals surface area contributed by atoms with Crippen LogP contribution in [0.3, 0.4) is 0 Å². The Kier molecular flexibility index (Phi) is 6.55. The molecule has 1 unspecified atom stereocenters. The molecule has 0 aromatic heterocycles. The number of nitrogens with one attached hydrogen (secondary N) is 2. The number of anilines is 3. The van der Waals surface area contributed by atoms with Gasteiger partial charge < -0.3 is 21.3 Å². The quantitative estimate of drug-likeness (QED) is 0.463. The Bertz CT molecular complexity index is 1100. The zero-order chi connectivity index (χ0) is 23.4. The molecule has 1 aliphatic rings. The predicted octanol–water partition coefficient (Wildman–Crippen LogP) is 4.92. The van der Waals surface area contributed by atoms with Crippen LogP contribution in [0.25, 0.3) is 11.1 Å². The van der Waals surface area contributed by atoms with E-state index in [1.165, 1.54) is 0 Å². The van der Waals surface area contributed by atoms with Crippen LogP contribution < -0.4 is 21.3 Å². The first-order chi connectivity index (χ1) is 15.8. The van der Waals surface area contributed by atoms with Gasteiger partial charge in [0.05, 0.1) is 17.9 Å². The van der Waals surface area contributed by atoms with Crippen molar-refractivity contribution in [2.24, 2.45) is 0 Å². The molecule has 1 heterocycles. The van der Waals surface area contributed by atoms with E-state index in [0.29, 0.717) is 36.4 Å². The number of benzene rings is 3. The molecule has 172 valence electrons. The third-order valence-electron chi connectivity index (χ3n) is 5.68. The summed E-state index contributed by atoms with van der Waals surface area (Å²) in [6, 6.07) is 22.1. The molecule has 0 bridgehead atoms. The monoisotopic (exact) mass is 454 g/mol. The average Bonchev–Trinajstić information content (AvgIpc) is 3.29. The fraction of sp³-hybridized carbons (Fsp3) is 0.240. The number of rotatable bonds is 6. The fourth-order valence-corrected chi connectivity index (χ4v) is 3.91. The van der Waals surface area contributed by atoms with Gasteiger partial charge in [-0.15, -0.1) is 0 Å². The van der Waals surface area contributed by atoms with E-state index in [1.807, 2.05) is 59.5 Å². The van der Waals surface area contributed by atoms with E-state index in [0.717, 1.165) is 16.8 Å². The molecular weight excluding hydrogens is 429 g/mol. The maximum absolute atomic E-state index is 12.8. The summed E-state index contributed by atoms with van der Waals surface area (Å²) >= 11 is 0. The van der Waals surface area contributed by atoms with Gasteiger partial charge in [-0.3, -0.25) is 4.79 Å². The van der Waals surface area contributed by atoms with Gasteiger partial charge in [-0.05, 0) is 53.9 Å². The van der Waals surface area contributed by atoms with E-state index in [9.17, 15) is 18.0 Å². The largest absolute Gasteiger partial charge is 0.401 e. The van der Waals surface area contributed by atoms with Crippen molar-refractivity contribution in [1.82, 2.24) is 5.32 Å². The zero-order valence-electron chi connectivity index (χ0n) is 17.9. The van der Waals surface area contributed by atoms with Crippen molar-refractivity contribution in [3.63, 3.8) is 0 Å². The molecule has 33 heavy (non-hydrogen) atoms. The summed E-state index contributed by atoms with van der Waals surface area (Å²) in [7, 11) is 0. The molecule has 3 aromatic carbocycles. The molecular formula is C25H25F3N4O. The van der Waals surface area contributed by atoms with E-state index >= 15 is 0 Å². The lowest BCUT2D eigenvalue weighted by Crippen LogP contribution is -2.38. The minimum absolute atomic E-state index is 0.213. The number of hydrogen-bond donors (Lipinski definition) is 3. The van der Waals surface area contributed by atoms with Crippen molar-refractivity contribution in [3.05, 3.63) is 78.4 Å². The molecule has 5 nitrogen and oxygen atoms in total. The van der Waals surface area contributed by atoms with Crippen molar-refractivity contribution >= 4 is 23.0 Å². The number of amides is 1. The maximum Gasteiger partial charge on any atom is 0.401 e. The second kappa shape index (κ2) is 9.54. The van der Waals surface area contributed by atoms with Crippen LogP contribution in [0.2, 0.25) is 0 Å².